The molecule has 1 aromatic carbocycles. The van der Waals surface area contributed by atoms with Crippen LogP contribution in [0.3, 0.4) is 0 Å². The Labute approximate surface area is 164 Å². The van der Waals surface area contributed by atoms with E-state index in [1.165, 1.54) is 6.42 Å². The summed E-state index contributed by atoms with van der Waals surface area (Å²) in [6.07, 6.45) is 5.48. The van der Waals surface area contributed by atoms with Crippen LogP contribution < -0.4 is 57.1 Å². The van der Waals surface area contributed by atoms with Gasteiger partial charge in [0.1, 0.15) is 0 Å². The summed E-state index contributed by atoms with van der Waals surface area (Å²) in [5.74, 6) is -1.15. The molecule has 0 radical (unpaired) electrons. The van der Waals surface area contributed by atoms with Crippen molar-refractivity contribution in [3.63, 3.8) is 0 Å². The monoisotopic (exact) mass is 303 g/mol. The molecule has 0 spiro atoms. The molecule has 0 aliphatic carbocycles. The average molecular weight is 303 g/mol. The van der Waals surface area contributed by atoms with Gasteiger partial charge < -0.3 is 11.9 Å². The summed E-state index contributed by atoms with van der Waals surface area (Å²) in [4.78, 5) is 23.2. The van der Waals surface area contributed by atoms with Crippen molar-refractivity contribution in [2.24, 2.45) is 0 Å². The normalized spacial score (nSPS) is 9.65. The molecule has 2 N–H and O–H groups in total. The maximum Gasteiger partial charge on any atom is 1.00 e. The second kappa shape index (κ2) is 11.5. The van der Waals surface area contributed by atoms with E-state index in [1.807, 2.05) is 0 Å². The van der Waals surface area contributed by atoms with Gasteiger partial charge in [0.05, 0.1) is 5.56 Å². The van der Waals surface area contributed by atoms with Gasteiger partial charge in [0.2, 0.25) is 0 Å². The third kappa shape index (κ3) is 7.54. The number of benzene rings is 1. The number of anilines is 1. The maximum atomic E-state index is 11.7. The van der Waals surface area contributed by atoms with E-state index in [0.29, 0.717) is 5.69 Å². The minimum atomic E-state index is -0.670. The van der Waals surface area contributed by atoms with Crippen LogP contribution in [0.2, 0.25) is 0 Å². The predicted molar refractivity (Wildman–Crippen MR) is 75.8 cm³/mol. The van der Waals surface area contributed by atoms with Crippen LogP contribution in [0, 0.1) is 0 Å². The first-order valence-electron chi connectivity index (χ1n) is 6.74. The summed E-state index contributed by atoms with van der Waals surface area (Å²) in [6, 6.07) is 6.56. The first-order chi connectivity index (χ1) is 9.15. The topological polar surface area (TPSA) is 69.4 Å². The number of ether oxygens (including phenoxy) is 1. The van der Waals surface area contributed by atoms with Crippen molar-refractivity contribution in [2.75, 3.05) is 5.73 Å². The molecule has 106 valence electrons. The molecule has 0 heterocycles. The first kappa shape index (κ1) is 19.8. The quantitative estimate of drug-likeness (QED) is 0.261. The number of unbranched alkanes of at least 4 members (excludes halogenated alkanes) is 4. The van der Waals surface area contributed by atoms with Crippen LogP contribution in [0.1, 0.15) is 57.2 Å². The van der Waals surface area contributed by atoms with Crippen molar-refractivity contribution < 1.29 is 67.1 Å². The SMILES string of the molecule is CCCCCCCC(=O)OC(=O)c1ccccc1N.[H-].[K+]. The van der Waals surface area contributed by atoms with Gasteiger partial charge in [-0.1, -0.05) is 44.7 Å². The zero-order valence-electron chi connectivity index (χ0n) is 13.4. The molecular formula is C15H22KNO3. The number of hydrogen-bond donors (Lipinski definition) is 1. The third-order valence-electron chi connectivity index (χ3n) is 2.87. The molecule has 0 aliphatic rings. The molecule has 1 aromatic rings. The number of nitrogen functional groups attached to an aromatic ring is 1. The van der Waals surface area contributed by atoms with Crippen LogP contribution in [-0.2, 0) is 9.53 Å². The summed E-state index contributed by atoms with van der Waals surface area (Å²) in [6.45, 7) is 2.14. The Morgan fingerprint density at radius 1 is 1.15 bits per heavy atom. The van der Waals surface area contributed by atoms with Crippen LogP contribution >= 0.6 is 0 Å². The molecule has 0 aromatic heterocycles. The van der Waals surface area contributed by atoms with Gasteiger partial charge in [0, 0.05) is 12.1 Å². The summed E-state index contributed by atoms with van der Waals surface area (Å²) in [7, 11) is 0. The van der Waals surface area contributed by atoms with Crippen LogP contribution in [0.15, 0.2) is 24.3 Å². The molecule has 0 amide bonds. The summed E-state index contributed by atoms with van der Waals surface area (Å²) in [5, 5.41) is 0. The zero-order valence-corrected chi connectivity index (χ0v) is 15.5. The molecule has 1 rings (SSSR count). The van der Waals surface area contributed by atoms with E-state index in [9.17, 15) is 9.59 Å². The van der Waals surface area contributed by atoms with Gasteiger partial charge in [-0.15, -0.1) is 0 Å². The van der Waals surface area contributed by atoms with Crippen molar-refractivity contribution in [1.29, 1.82) is 0 Å². The number of hydrogen-bond acceptors (Lipinski definition) is 4. The minimum absolute atomic E-state index is 0. The number of nitrogens with two attached hydrogens (primary N) is 1. The van der Waals surface area contributed by atoms with Crippen molar-refractivity contribution in [3.8, 4) is 0 Å². The Balaban J connectivity index is 0. The predicted octanol–water partition coefficient (Wildman–Crippen LogP) is 0.429. The van der Waals surface area contributed by atoms with Crippen molar-refractivity contribution in [2.45, 2.75) is 45.4 Å². The second-order valence-corrected chi connectivity index (χ2v) is 4.51. The standard InChI is InChI=1S/C15H21NO3.K.H/c1-2-3-4-5-6-11-14(17)19-15(18)12-9-7-8-10-13(12)16;;/h7-10H,2-6,11,16H2,1H3;;/q;+1;-1. The second-order valence-electron chi connectivity index (χ2n) is 4.51. The van der Waals surface area contributed by atoms with Crippen molar-refractivity contribution >= 4 is 17.6 Å². The number of carbonyl (C=O) groups is 2. The summed E-state index contributed by atoms with van der Waals surface area (Å²) in [5.41, 5.74) is 6.20. The Morgan fingerprint density at radius 3 is 2.45 bits per heavy atom. The Morgan fingerprint density at radius 2 is 1.80 bits per heavy atom. The van der Waals surface area contributed by atoms with Gasteiger partial charge in [-0.25, -0.2) is 4.79 Å². The van der Waals surface area contributed by atoms with Gasteiger partial charge in [0.15, 0.2) is 0 Å². The molecule has 0 saturated carbocycles. The van der Waals surface area contributed by atoms with E-state index in [4.69, 9.17) is 10.5 Å². The average Bonchev–Trinajstić information content (AvgIpc) is 2.39. The Kier molecular flexibility index (Phi) is 11.3. The van der Waals surface area contributed by atoms with E-state index >= 15 is 0 Å². The van der Waals surface area contributed by atoms with Gasteiger partial charge in [0.25, 0.3) is 0 Å². The minimum Gasteiger partial charge on any atom is -1.00 e. The molecule has 0 saturated heterocycles. The van der Waals surface area contributed by atoms with Crippen molar-refractivity contribution in [1.82, 2.24) is 0 Å². The molecular weight excluding hydrogens is 281 g/mol. The summed E-state index contributed by atoms with van der Waals surface area (Å²) < 4.78 is 4.77. The smallest absolute Gasteiger partial charge is 1.00 e. The van der Waals surface area contributed by atoms with Gasteiger partial charge in [-0.2, -0.15) is 0 Å². The number of esters is 2. The molecule has 20 heavy (non-hydrogen) atoms. The van der Waals surface area contributed by atoms with Crippen LogP contribution in [0.25, 0.3) is 0 Å². The van der Waals surface area contributed by atoms with Crippen LogP contribution in [0.4, 0.5) is 5.69 Å². The Bertz CT molecular complexity index is 441. The van der Waals surface area contributed by atoms with E-state index < -0.39 is 11.9 Å². The summed E-state index contributed by atoms with van der Waals surface area (Å²) >= 11 is 0. The fourth-order valence-electron chi connectivity index (χ4n) is 1.77. The number of para-hydroxylation sites is 1. The van der Waals surface area contributed by atoms with Crippen molar-refractivity contribution in [3.05, 3.63) is 29.8 Å². The van der Waals surface area contributed by atoms with E-state index in [-0.39, 0.29) is 64.8 Å². The number of rotatable bonds is 7. The zero-order chi connectivity index (χ0) is 14.1. The van der Waals surface area contributed by atoms with Gasteiger partial charge in [-0.05, 0) is 18.6 Å². The molecule has 0 fully saturated rings. The molecule has 0 unspecified atom stereocenters. The molecule has 0 bridgehead atoms. The van der Waals surface area contributed by atoms with E-state index in [0.717, 1.165) is 25.7 Å². The molecule has 5 heteroatoms. The fourth-order valence-corrected chi connectivity index (χ4v) is 1.77. The largest absolute Gasteiger partial charge is 1.00 e. The number of carbonyl (C=O) groups excluding carboxylic acids is 2. The van der Waals surface area contributed by atoms with Crippen LogP contribution in [-0.4, -0.2) is 11.9 Å². The Hall–Kier alpha value is -0.204. The molecule has 0 aliphatic heterocycles. The molecule has 0 atom stereocenters. The third-order valence-corrected chi connectivity index (χ3v) is 2.87. The van der Waals surface area contributed by atoms with Crippen LogP contribution in [0.5, 0.6) is 0 Å². The molecule has 4 nitrogen and oxygen atoms in total. The van der Waals surface area contributed by atoms with Gasteiger partial charge >= 0.3 is 63.3 Å². The first-order valence-corrected chi connectivity index (χ1v) is 6.74. The van der Waals surface area contributed by atoms with E-state index in [1.54, 1.807) is 24.3 Å². The van der Waals surface area contributed by atoms with Gasteiger partial charge in [-0.3, -0.25) is 4.79 Å². The fraction of sp³-hybridized carbons (Fsp3) is 0.467. The maximum absolute atomic E-state index is 11.7. The van der Waals surface area contributed by atoms with E-state index in [2.05, 4.69) is 6.92 Å².